The summed E-state index contributed by atoms with van der Waals surface area (Å²) in [4.78, 5) is 0. The number of sulfonamides is 1. The van der Waals surface area contributed by atoms with Gasteiger partial charge in [0, 0.05) is 19.0 Å². The summed E-state index contributed by atoms with van der Waals surface area (Å²) < 4.78 is 31.3. The van der Waals surface area contributed by atoms with Crippen molar-refractivity contribution >= 4 is 26.0 Å². The van der Waals surface area contributed by atoms with Crippen molar-refractivity contribution in [3.05, 3.63) is 28.2 Å². The fourth-order valence-electron chi connectivity index (χ4n) is 2.43. The van der Waals surface area contributed by atoms with Crippen molar-refractivity contribution < 1.29 is 18.3 Å². The van der Waals surface area contributed by atoms with E-state index in [1.165, 1.54) is 10.6 Å². The zero-order chi connectivity index (χ0) is 15.5. The van der Waals surface area contributed by atoms with Crippen LogP contribution in [0.4, 0.5) is 0 Å². The van der Waals surface area contributed by atoms with E-state index in [1.54, 1.807) is 0 Å². The van der Waals surface area contributed by atoms with E-state index in [0.717, 1.165) is 22.9 Å². The van der Waals surface area contributed by atoms with Gasteiger partial charge in [0.05, 0.1) is 23.9 Å². The largest absolute Gasteiger partial charge is 0.492 e. The third-order valence-electron chi connectivity index (χ3n) is 3.60. The SMILES string of the molecule is CS(=O)(=O)N1CCCC(COc2ccc(CO)cc2Br)C1. The summed E-state index contributed by atoms with van der Waals surface area (Å²) in [6.07, 6.45) is 3.09. The highest BCUT2D eigenvalue weighted by Crippen LogP contribution is 2.27. The smallest absolute Gasteiger partial charge is 0.211 e. The molecule has 1 aliphatic rings. The molecule has 2 rings (SSSR count). The number of aliphatic hydroxyl groups is 1. The Labute approximate surface area is 134 Å². The average Bonchev–Trinajstić information content (AvgIpc) is 2.45. The summed E-state index contributed by atoms with van der Waals surface area (Å²) >= 11 is 3.41. The second-order valence-electron chi connectivity index (χ2n) is 5.36. The van der Waals surface area contributed by atoms with Gasteiger partial charge < -0.3 is 9.84 Å². The molecule has 0 radical (unpaired) electrons. The fourth-order valence-corrected chi connectivity index (χ4v) is 3.91. The molecule has 1 fully saturated rings. The van der Waals surface area contributed by atoms with Crippen molar-refractivity contribution in [3.8, 4) is 5.75 Å². The Morgan fingerprint density at radius 1 is 1.48 bits per heavy atom. The molecule has 1 unspecified atom stereocenters. The monoisotopic (exact) mass is 377 g/mol. The van der Waals surface area contributed by atoms with Crippen LogP contribution in [0.25, 0.3) is 0 Å². The molecule has 0 saturated carbocycles. The van der Waals surface area contributed by atoms with E-state index in [4.69, 9.17) is 9.84 Å². The molecule has 0 bridgehead atoms. The molecule has 1 aromatic carbocycles. The summed E-state index contributed by atoms with van der Waals surface area (Å²) in [5, 5.41) is 9.07. The van der Waals surface area contributed by atoms with Gasteiger partial charge >= 0.3 is 0 Å². The van der Waals surface area contributed by atoms with Gasteiger partial charge in [-0.1, -0.05) is 6.07 Å². The summed E-state index contributed by atoms with van der Waals surface area (Å²) in [7, 11) is -3.12. The number of ether oxygens (including phenoxy) is 1. The molecule has 0 amide bonds. The van der Waals surface area contributed by atoms with Crippen molar-refractivity contribution in [1.29, 1.82) is 0 Å². The first-order valence-electron chi connectivity index (χ1n) is 6.87. The minimum Gasteiger partial charge on any atom is -0.492 e. The first-order valence-corrected chi connectivity index (χ1v) is 9.51. The van der Waals surface area contributed by atoms with Gasteiger partial charge in [0.25, 0.3) is 0 Å². The third-order valence-corrected chi connectivity index (χ3v) is 5.49. The standard InChI is InChI=1S/C14H20BrNO4S/c1-21(18,19)16-6-2-3-12(8-16)10-20-14-5-4-11(9-17)7-13(14)15/h4-5,7,12,17H,2-3,6,8-10H2,1H3. The Kier molecular flexibility index (Phi) is 5.65. The number of nitrogens with zero attached hydrogens (tertiary/aromatic N) is 1. The van der Waals surface area contributed by atoms with Crippen LogP contribution >= 0.6 is 15.9 Å². The predicted molar refractivity (Wildman–Crippen MR) is 84.7 cm³/mol. The molecule has 1 atom stereocenters. The Balaban J connectivity index is 1.94. The zero-order valence-electron chi connectivity index (χ0n) is 12.0. The second-order valence-corrected chi connectivity index (χ2v) is 8.20. The van der Waals surface area contributed by atoms with Crippen molar-refractivity contribution in [2.45, 2.75) is 19.4 Å². The molecule has 1 N–H and O–H groups in total. The molecule has 7 heteroatoms. The van der Waals surface area contributed by atoms with Gasteiger partial charge in [-0.2, -0.15) is 0 Å². The highest BCUT2D eigenvalue weighted by Gasteiger charge is 2.26. The number of hydrogen-bond acceptors (Lipinski definition) is 4. The lowest BCUT2D eigenvalue weighted by Crippen LogP contribution is -2.40. The van der Waals surface area contributed by atoms with Crippen LogP contribution in [0.15, 0.2) is 22.7 Å². The lowest BCUT2D eigenvalue weighted by Gasteiger charge is -2.30. The van der Waals surface area contributed by atoms with E-state index in [9.17, 15) is 8.42 Å². The molecule has 0 aromatic heterocycles. The molecule has 5 nitrogen and oxygen atoms in total. The number of piperidine rings is 1. The van der Waals surface area contributed by atoms with E-state index in [1.807, 2.05) is 18.2 Å². The molecule has 1 saturated heterocycles. The van der Waals surface area contributed by atoms with Crippen molar-refractivity contribution in [2.75, 3.05) is 26.0 Å². The lowest BCUT2D eigenvalue weighted by molar-refractivity contribution is 0.180. The summed E-state index contributed by atoms with van der Waals surface area (Å²) in [6, 6.07) is 5.44. The van der Waals surface area contributed by atoms with Crippen LogP contribution in [0.3, 0.4) is 0 Å². The predicted octanol–water partition coefficient (Wildman–Crippen LogP) is 1.99. The quantitative estimate of drug-likeness (QED) is 0.851. The summed E-state index contributed by atoms with van der Waals surface area (Å²) in [5.41, 5.74) is 0.815. The first kappa shape index (κ1) is 16.7. The van der Waals surface area contributed by atoms with Gasteiger partial charge in [0.1, 0.15) is 5.75 Å². The topological polar surface area (TPSA) is 66.8 Å². The first-order chi connectivity index (χ1) is 9.90. The molecular formula is C14H20BrNO4S. The molecule has 0 aliphatic carbocycles. The highest BCUT2D eigenvalue weighted by molar-refractivity contribution is 9.10. The van der Waals surface area contributed by atoms with Gasteiger partial charge in [0.15, 0.2) is 0 Å². The van der Waals surface area contributed by atoms with E-state index in [2.05, 4.69) is 15.9 Å². The summed E-state index contributed by atoms with van der Waals surface area (Å²) in [6.45, 7) is 1.60. The van der Waals surface area contributed by atoms with Gasteiger partial charge in [-0.25, -0.2) is 12.7 Å². The number of halogens is 1. The van der Waals surface area contributed by atoms with Crippen molar-refractivity contribution in [3.63, 3.8) is 0 Å². The second kappa shape index (κ2) is 7.09. The molecule has 118 valence electrons. The zero-order valence-corrected chi connectivity index (χ0v) is 14.4. The van der Waals surface area contributed by atoms with Gasteiger partial charge in [-0.15, -0.1) is 0 Å². The van der Waals surface area contributed by atoms with Crippen LogP contribution in [0.1, 0.15) is 18.4 Å². The van der Waals surface area contributed by atoms with Crippen molar-refractivity contribution in [2.24, 2.45) is 5.92 Å². The Morgan fingerprint density at radius 2 is 2.24 bits per heavy atom. The maximum atomic E-state index is 11.6. The fraction of sp³-hybridized carbons (Fsp3) is 0.571. The van der Waals surface area contributed by atoms with Gasteiger partial charge in [-0.05, 0) is 46.5 Å². The molecule has 0 spiro atoms. The van der Waals surface area contributed by atoms with Crippen LogP contribution in [-0.4, -0.2) is 43.8 Å². The molecule has 1 heterocycles. The minimum atomic E-state index is -3.12. The number of benzene rings is 1. The Bertz CT molecular complexity index is 591. The van der Waals surface area contributed by atoms with Crippen LogP contribution in [0.5, 0.6) is 5.75 Å². The van der Waals surface area contributed by atoms with Crippen molar-refractivity contribution in [1.82, 2.24) is 4.31 Å². The Hall–Kier alpha value is -0.630. The third kappa shape index (κ3) is 4.67. The molecule has 1 aliphatic heterocycles. The van der Waals surface area contributed by atoms with E-state index >= 15 is 0 Å². The van der Waals surface area contributed by atoms with Gasteiger partial charge in [-0.3, -0.25) is 0 Å². The normalized spacial score (nSPS) is 20.4. The van der Waals surface area contributed by atoms with Crippen LogP contribution < -0.4 is 4.74 Å². The summed E-state index contributed by atoms with van der Waals surface area (Å²) in [5.74, 6) is 0.918. The molecular weight excluding hydrogens is 358 g/mol. The minimum absolute atomic E-state index is 0.00910. The Morgan fingerprint density at radius 3 is 2.86 bits per heavy atom. The maximum absolute atomic E-state index is 11.6. The van der Waals surface area contributed by atoms with Crippen LogP contribution in [0.2, 0.25) is 0 Å². The molecule has 1 aromatic rings. The van der Waals surface area contributed by atoms with Gasteiger partial charge in [0.2, 0.25) is 10.0 Å². The highest BCUT2D eigenvalue weighted by atomic mass is 79.9. The maximum Gasteiger partial charge on any atom is 0.211 e. The average molecular weight is 378 g/mol. The van der Waals surface area contributed by atoms with E-state index < -0.39 is 10.0 Å². The van der Waals surface area contributed by atoms with E-state index in [-0.39, 0.29) is 12.5 Å². The molecule has 21 heavy (non-hydrogen) atoms. The number of aliphatic hydroxyl groups excluding tert-OH is 1. The van der Waals surface area contributed by atoms with E-state index in [0.29, 0.717) is 25.4 Å². The lowest BCUT2D eigenvalue weighted by atomic mass is 10.0. The number of hydrogen-bond donors (Lipinski definition) is 1. The van der Waals surface area contributed by atoms with Crippen LogP contribution in [-0.2, 0) is 16.6 Å². The number of rotatable bonds is 5. The van der Waals surface area contributed by atoms with Crippen LogP contribution in [0, 0.1) is 5.92 Å².